The van der Waals surface area contributed by atoms with E-state index in [1.54, 1.807) is 24.3 Å². The Bertz CT molecular complexity index is 1030. The molecule has 1 amide bonds. The molecule has 2 aromatic carbocycles. The van der Waals surface area contributed by atoms with Crippen LogP contribution in [-0.4, -0.2) is 58.7 Å². The number of halogens is 1. The first-order valence-corrected chi connectivity index (χ1v) is 10.0. The molecule has 0 bridgehead atoms. The predicted octanol–water partition coefficient (Wildman–Crippen LogP) is 3.62. The number of aliphatic hydroxyl groups is 1. The Balaban J connectivity index is 2.09. The summed E-state index contributed by atoms with van der Waals surface area (Å²) in [6.45, 7) is 0.995. The quantitative estimate of drug-likeness (QED) is 0.230. The first-order chi connectivity index (χ1) is 14.7. The van der Waals surface area contributed by atoms with Crippen molar-refractivity contribution in [1.29, 1.82) is 0 Å². The molecule has 0 spiro atoms. The Morgan fingerprint density at radius 3 is 2.29 bits per heavy atom. The van der Waals surface area contributed by atoms with Crippen LogP contribution in [0.1, 0.15) is 23.6 Å². The van der Waals surface area contributed by atoms with Gasteiger partial charge in [-0.15, -0.1) is 0 Å². The number of hydrogen-bond acceptors (Lipinski definition) is 6. The van der Waals surface area contributed by atoms with Crippen molar-refractivity contribution in [2.45, 2.75) is 12.5 Å². The number of carbonyl (C=O) groups excluding carboxylic acids is 2. The van der Waals surface area contributed by atoms with Gasteiger partial charge < -0.3 is 14.9 Å². The predicted molar refractivity (Wildman–Crippen MR) is 117 cm³/mol. The molecule has 1 N–H and O–H groups in total. The number of carbonyl (C=O) groups is 2. The topological polar surface area (TPSA) is 104 Å². The molecular formula is C22H22ClN3O5. The highest BCUT2D eigenvalue weighted by Crippen LogP contribution is 2.40. The van der Waals surface area contributed by atoms with E-state index in [1.165, 1.54) is 29.2 Å². The molecule has 31 heavy (non-hydrogen) atoms. The maximum atomic E-state index is 12.9. The third-order valence-electron chi connectivity index (χ3n) is 5.08. The maximum Gasteiger partial charge on any atom is 0.295 e. The fourth-order valence-electron chi connectivity index (χ4n) is 3.56. The van der Waals surface area contributed by atoms with Crippen molar-refractivity contribution >= 4 is 34.7 Å². The fraction of sp³-hybridized carbons (Fsp3) is 0.273. The summed E-state index contributed by atoms with van der Waals surface area (Å²) in [7, 11) is 3.81. The molecule has 1 heterocycles. The molecule has 1 atom stereocenters. The summed E-state index contributed by atoms with van der Waals surface area (Å²) in [4.78, 5) is 39.6. The number of Topliss-reactive ketones (excluding diaryl/α,β-unsaturated/α-hetero) is 1. The van der Waals surface area contributed by atoms with Gasteiger partial charge in [-0.05, 0) is 69.0 Å². The third-order valence-corrected chi connectivity index (χ3v) is 5.33. The molecule has 9 heteroatoms. The molecule has 1 aliphatic heterocycles. The molecule has 0 unspecified atom stereocenters. The number of nitro groups is 1. The van der Waals surface area contributed by atoms with E-state index in [0.29, 0.717) is 35.7 Å². The van der Waals surface area contributed by atoms with Crippen molar-refractivity contribution < 1.29 is 19.6 Å². The van der Waals surface area contributed by atoms with Crippen molar-refractivity contribution in [3.8, 4) is 0 Å². The van der Waals surface area contributed by atoms with Crippen molar-refractivity contribution in [3.63, 3.8) is 0 Å². The van der Waals surface area contributed by atoms with Gasteiger partial charge >= 0.3 is 0 Å². The molecule has 8 nitrogen and oxygen atoms in total. The number of amides is 1. The summed E-state index contributed by atoms with van der Waals surface area (Å²) in [5, 5.41) is 22.4. The lowest BCUT2D eigenvalue weighted by Crippen LogP contribution is -2.32. The summed E-state index contributed by atoms with van der Waals surface area (Å²) in [6, 6.07) is 11.1. The van der Waals surface area contributed by atoms with E-state index in [-0.39, 0.29) is 17.0 Å². The lowest BCUT2D eigenvalue weighted by molar-refractivity contribution is -0.384. The Labute approximate surface area is 184 Å². The van der Waals surface area contributed by atoms with E-state index in [2.05, 4.69) is 0 Å². The van der Waals surface area contributed by atoms with Crippen LogP contribution in [0.3, 0.4) is 0 Å². The second-order valence-electron chi connectivity index (χ2n) is 7.50. The van der Waals surface area contributed by atoms with Crippen LogP contribution in [0.15, 0.2) is 54.1 Å². The van der Waals surface area contributed by atoms with Crippen molar-refractivity contribution in [1.82, 2.24) is 9.80 Å². The number of aliphatic hydroxyl groups excluding tert-OH is 1. The Morgan fingerprint density at radius 2 is 1.74 bits per heavy atom. The number of nitrogens with zero attached hydrogens (tertiary/aromatic N) is 3. The van der Waals surface area contributed by atoms with E-state index >= 15 is 0 Å². The second kappa shape index (κ2) is 9.28. The normalized spacial score (nSPS) is 18.1. The number of rotatable bonds is 7. The zero-order chi connectivity index (χ0) is 22.7. The van der Waals surface area contributed by atoms with Gasteiger partial charge in [-0.25, -0.2) is 0 Å². The van der Waals surface area contributed by atoms with E-state index in [4.69, 9.17) is 11.6 Å². The van der Waals surface area contributed by atoms with Crippen molar-refractivity contribution in [3.05, 3.63) is 80.4 Å². The van der Waals surface area contributed by atoms with Crippen LogP contribution < -0.4 is 0 Å². The lowest BCUT2D eigenvalue weighted by atomic mass is 9.95. The van der Waals surface area contributed by atoms with Gasteiger partial charge in [0.05, 0.1) is 16.5 Å². The first kappa shape index (κ1) is 22.5. The zero-order valence-electron chi connectivity index (χ0n) is 17.1. The summed E-state index contributed by atoms with van der Waals surface area (Å²) in [5.41, 5.74) is 0.699. The van der Waals surface area contributed by atoms with E-state index in [0.717, 1.165) is 0 Å². The number of ketones is 1. The standard InChI is InChI=1S/C22H22ClN3O5/c1-24(2)12-3-13-25-19(14-6-10-17(11-7-14)26(30)31)18(21(28)22(25)29)20(27)15-4-8-16(23)9-5-15/h4-11,19,27H,3,12-13H2,1-2H3/b20-18+/t19-/m0/s1. The van der Waals surface area contributed by atoms with Gasteiger partial charge in [0.15, 0.2) is 0 Å². The molecule has 1 saturated heterocycles. The minimum atomic E-state index is -0.848. The number of hydrogen-bond donors (Lipinski definition) is 1. The molecule has 0 saturated carbocycles. The van der Waals surface area contributed by atoms with Crippen LogP contribution >= 0.6 is 11.6 Å². The number of non-ortho nitro benzene ring substituents is 1. The molecule has 3 rings (SSSR count). The van der Waals surface area contributed by atoms with E-state index < -0.39 is 22.7 Å². The maximum absolute atomic E-state index is 12.9. The lowest BCUT2D eigenvalue weighted by Gasteiger charge is -2.26. The number of likely N-dealkylation sites (tertiary alicyclic amines) is 1. The van der Waals surface area contributed by atoms with Gasteiger partial charge in [0.25, 0.3) is 17.4 Å². The summed E-state index contributed by atoms with van der Waals surface area (Å²) in [5.74, 6) is -1.81. The second-order valence-corrected chi connectivity index (χ2v) is 7.94. The summed E-state index contributed by atoms with van der Waals surface area (Å²) < 4.78 is 0. The first-order valence-electron chi connectivity index (χ1n) is 9.64. The van der Waals surface area contributed by atoms with Gasteiger partial charge in [-0.3, -0.25) is 19.7 Å². The SMILES string of the molecule is CN(C)CCCN1C(=O)C(=O)/C(=C(/O)c2ccc(Cl)cc2)[C@@H]1c1ccc([N+](=O)[O-])cc1. The van der Waals surface area contributed by atoms with Crippen molar-refractivity contribution in [2.75, 3.05) is 27.2 Å². The van der Waals surface area contributed by atoms with E-state index in [9.17, 15) is 24.8 Å². The average Bonchev–Trinajstić information content (AvgIpc) is 2.98. The highest BCUT2D eigenvalue weighted by Gasteiger charge is 2.45. The monoisotopic (exact) mass is 443 g/mol. The van der Waals surface area contributed by atoms with E-state index in [1.807, 2.05) is 19.0 Å². The zero-order valence-corrected chi connectivity index (χ0v) is 17.9. The Kier molecular flexibility index (Phi) is 6.72. The molecule has 0 aromatic heterocycles. The number of nitro benzene ring substituents is 1. The Hall–Kier alpha value is -3.23. The van der Waals surface area contributed by atoms with Gasteiger partial charge in [0.1, 0.15) is 5.76 Å². The van der Waals surface area contributed by atoms with Crippen LogP contribution in [0.2, 0.25) is 5.02 Å². The minimum absolute atomic E-state index is 0.0500. The largest absolute Gasteiger partial charge is 0.507 e. The van der Waals surface area contributed by atoms with Crippen LogP contribution in [0.25, 0.3) is 5.76 Å². The molecule has 1 fully saturated rings. The highest BCUT2D eigenvalue weighted by molar-refractivity contribution is 6.46. The molecular weight excluding hydrogens is 422 g/mol. The molecule has 2 aromatic rings. The fourth-order valence-corrected chi connectivity index (χ4v) is 3.68. The minimum Gasteiger partial charge on any atom is -0.507 e. The van der Waals surface area contributed by atoms with Gasteiger partial charge in [-0.2, -0.15) is 0 Å². The van der Waals surface area contributed by atoms with Crippen LogP contribution in [-0.2, 0) is 9.59 Å². The summed E-state index contributed by atoms with van der Waals surface area (Å²) >= 11 is 5.91. The Morgan fingerprint density at radius 1 is 1.13 bits per heavy atom. The highest BCUT2D eigenvalue weighted by atomic mass is 35.5. The molecule has 162 valence electrons. The molecule has 1 aliphatic rings. The average molecular weight is 444 g/mol. The summed E-state index contributed by atoms with van der Waals surface area (Å²) in [6.07, 6.45) is 0.616. The van der Waals surface area contributed by atoms with Gasteiger partial charge in [0.2, 0.25) is 0 Å². The van der Waals surface area contributed by atoms with Crippen LogP contribution in [0, 0.1) is 10.1 Å². The van der Waals surface area contributed by atoms with Gasteiger partial charge in [0, 0.05) is 29.3 Å². The smallest absolute Gasteiger partial charge is 0.295 e. The number of benzene rings is 2. The van der Waals surface area contributed by atoms with Gasteiger partial charge in [-0.1, -0.05) is 11.6 Å². The van der Waals surface area contributed by atoms with Crippen LogP contribution in [0.5, 0.6) is 0 Å². The third kappa shape index (κ3) is 4.76. The van der Waals surface area contributed by atoms with Crippen LogP contribution in [0.4, 0.5) is 5.69 Å². The molecule has 0 aliphatic carbocycles. The van der Waals surface area contributed by atoms with Crippen molar-refractivity contribution in [2.24, 2.45) is 0 Å². The molecule has 0 radical (unpaired) electrons.